The molecule has 2 N–H and O–H groups in total. The molecule has 0 bridgehead atoms. The Labute approximate surface area is 190 Å². The molecule has 0 spiro atoms. The van der Waals surface area contributed by atoms with Gasteiger partial charge in [-0.05, 0) is 36.8 Å². The quantitative estimate of drug-likeness (QED) is 0.286. The highest BCUT2D eigenvalue weighted by Crippen LogP contribution is 2.25. The van der Waals surface area contributed by atoms with Crippen LogP contribution in [0.15, 0.2) is 66.8 Å². The number of allylic oxidation sites excluding steroid dienone is 2. The van der Waals surface area contributed by atoms with Gasteiger partial charge < -0.3 is 19.3 Å². The average molecular weight is 461 g/mol. The molecule has 0 unspecified atom stereocenters. The Kier molecular flexibility index (Phi) is 10.6. The summed E-state index contributed by atoms with van der Waals surface area (Å²) in [6, 6.07) is 9.44. The first-order valence-corrected chi connectivity index (χ1v) is 10.2. The van der Waals surface area contributed by atoms with Crippen molar-refractivity contribution in [3.05, 3.63) is 84.0 Å². The first-order chi connectivity index (χ1) is 15.9. The molecular formula is C24H25F2NO6. The van der Waals surface area contributed by atoms with Gasteiger partial charge in [-0.1, -0.05) is 30.4 Å². The molecule has 0 saturated heterocycles. The molecule has 1 atom stereocenters. The zero-order valence-electron chi connectivity index (χ0n) is 18.0. The lowest BCUT2D eigenvalue weighted by Crippen LogP contribution is -2.18. The second kappa shape index (κ2) is 13.6. The van der Waals surface area contributed by atoms with Crippen LogP contribution in [0.4, 0.5) is 19.3 Å². The molecule has 0 aliphatic rings. The number of benzene rings is 2. The first-order valence-electron chi connectivity index (χ1n) is 10.2. The summed E-state index contributed by atoms with van der Waals surface area (Å²) in [5.74, 6) is -1.65. The van der Waals surface area contributed by atoms with E-state index in [4.69, 9.17) is 19.3 Å². The number of nitrogens with one attached hydrogen (secondary N) is 1. The second-order valence-electron chi connectivity index (χ2n) is 6.56. The second-order valence-corrected chi connectivity index (χ2v) is 6.56. The van der Waals surface area contributed by atoms with Gasteiger partial charge in [-0.2, -0.15) is 0 Å². The van der Waals surface area contributed by atoms with E-state index < -0.39 is 29.8 Å². The zero-order chi connectivity index (χ0) is 24.1. The van der Waals surface area contributed by atoms with Gasteiger partial charge in [-0.15, -0.1) is 0 Å². The summed E-state index contributed by atoms with van der Waals surface area (Å²) in [6.07, 6.45) is 4.59. The van der Waals surface area contributed by atoms with E-state index in [0.717, 1.165) is 12.1 Å². The van der Waals surface area contributed by atoms with Gasteiger partial charge in [-0.25, -0.2) is 18.4 Å². The van der Waals surface area contributed by atoms with E-state index in [1.165, 1.54) is 12.2 Å². The molecular weight excluding hydrogens is 436 g/mol. The third-order valence-electron chi connectivity index (χ3n) is 4.15. The molecule has 0 aliphatic heterocycles. The number of aliphatic hydroxyl groups is 1. The van der Waals surface area contributed by atoms with Gasteiger partial charge in [0.05, 0.1) is 18.9 Å². The highest BCUT2D eigenvalue weighted by molar-refractivity contribution is 5.85. The summed E-state index contributed by atoms with van der Waals surface area (Å²) in [4.78, 5) is 23.7. The number of amides is 1. The zero-order valence-corrected chi connectivity index (χ0v) is 18.0. The number of hydrogen-bond acceptors (Lipinski definition) is 6. The molecule has 2 aromatic carbocycles. The molecule has 2 aromatic rings. The van der Waals surface area contributed by atoms with Gasteiger partial charge in [-0.3, -0.25) is 5.32 Å². The lowest BCUT2D eigenvalue weighted by atomic mass is 10.1. The van der Waals surface area contributed by atoms with Gasteiger partial charge in [0.15, 0.2) is 0 Å². The van der Waals surface area contributed by atoms with Crippen molar-refractivity contribution in [1.29, 1.82) is 0 Å². The molecule has 2 rings (SSSR count). The van der Waals surface area contributed by atoms with Crippen molar-refractivity contribution in [1.82, 2.24) is 0 Å². The maximum absolute atomic E-state index is 13.8. The van der Waals surface area contributed by atoms with Gasteiger partial charge >= 0.3 is 12.1 Å². The van der Waals surface area contributed by atoms with Crippen LogP contribution in [0.5, 0.6) is 5.75 Å². The van der Waals surface area contributed by atoms with Gasteiger partial charge in [0, 0.05) is 18.6 Å². The van der Waals surface area contributed by atoms with Crippen LogP contribution < -0.4 is 10.1 Å². The molecule has 176 valence electrons. The van der Waals surface area contributed by atoms with Gasteiger partial charge in [0.25, 0.3) is 0 Å². The van der Waals surface area contributed by atoms with Gasteiger partial charge in [0.1, 0.15) is 30.1 Å². The molecule has 0 heterocycles. The first kappa shape index (κ1) is 25.5. The maximum Gasteiger partial charge on any atom is 0.412 e. The summed E-state index contributed by atoms with van der Waals surface area (Å²) in [6.45, 7) is 1.98. The van der Waals surface area contributed by atoms with Crippen LogP contribution in [0.3, 0.4) is 0 Å². The normalized spacial score (nSPS) is 12.0. The lowest BCUT2D eigenvalue weighted by Gasteiger charge is -2.18. The minimum atomic E-state index is -0.933. The topological polar surface area (TPSA) is 94.1 Å². The predicted molar refractivity (Wildman–Crippen MR) is 118 cm³/mol. The molecule has 33 heavy (non-hydrogen) atoms. The number of hydrogen-bond donors (Lipinski definition) is 2. The number of ether oxygens (including phenoxy) is 3. The summed E-state index contributed by atoms with van der Waals surface area (Å²) in [7, 11) is 0. The Morgan fingerprint density at radius 1 is 1.12 bits per heavy atom. The summed E-state index contributed by atoms with van der Waals surface area (Å²) < 4.78 is 42.5. The van der Waals surface area contributed by atoms with Crippen LogP contribution in [0.1, 0.15) is 25.0 Å². The predicted octanol–water partition coefficient (Wildman–Crippen LogP) is 4.69. The van der Waals surface area contributed by atoms with Crippen LogP contribution in [-0.2, 0) is 14.3 Å². The highest BCUT2D eigenvalue weighted by Gasteiger charge is 2.17. The fourth-order valence-corrected chi connectivity index (χ4v) is 2.66. The van der Waals surface area contributed by atoms with Crippen molar-refractivity contribution >= 4 is 17.7 Å². The van der Waals surface area contributed by atoms with Crippen LogP contribution in [0.2, 0.25) is 0 Å². The summed E-state index contributed by atoms with van der Waals surface area (Å²) in [5.41, 5.74) is 0.404. The van der Waals surface area contributed by atoms with Crippen molar-refractivity contribution in [3.8, 4) is 5.75 Å². The Hall–Kier alpha value is -3.72. The van der Waals surface area contributed by atoms with Crippen LogP contribution in [0.25, 0.3) is 0 Å². The minimum absolute atomic E-state index is 0.127. The molecule has 0 fully saturated rings. The molecule has 0 aliphatic carbocycles. The van der Waals surface area contributed by atoms with Crippen molar-refractivity contribution in [3.63, 3.8) is 0 Å². The average Bonchev–Trinajstić information content (AvgIpc) is 2.79. The Morgan fingerprint density at radius 2 is 1.88 bits per heavy atom. The lowest BCUT2D eigenvalue weighted by molar-refractivity contribution is -0.137. The van der Waals surface area contributed by atoms with E-state index in [0.29, 0.717) is 17.4 Å². The molecule has 7 nitrogen and oxygen atoms in total. The van der Waals surface area contributed by atoms with E-state index in [2.05, 4.69) is 5.32 Å². The van der Waals surface area contributed by atoms with E-state index >= 15 is 0 Å². The minimum Gasteiger partial charge on any atom is -0.491 e. The summed E-state index contributed by atoms with van der Waals surface area (Å²) in [5, 5.41) is 11.1. The molecule has 1 amide bonds. The number of anilines is 1. The Morgan fingerprint density at radius 3 is 2.55 bits per heavy atom. The number of carbonyl (C=O) groups excluding carboxylic acids is 2. The van der Waals surface area contributed by atoms with Crippen molar-refractivity contribution in [2.45, 2.75) is 19.4 Å². The maximum atomic E-state index is 13.8. The van der Waals surface area contributed by atoms with Crippen LogP contribution in [0, 0.1) is 11.6 Å². The van der Waals surface area contributed by atoms with Crippen molar-refractivity contribution < 1.29 is 37.7 Å². The number of aliphatic hydroxyl groups excluding tert-OH is 1. The molecule has 0 radical (unpaired) electrons. The monoisotopic (exact) mass is 461 g/mol. The third-order valence-corrected chi connectivity index (χ3v) is 4.15. The fraction of sp³-hybridized carbons (Fsp3) is 0.250. The van der Waals surface area contributed by atoms with E-state index in [1.807, 2.05) is 0 Å². The van der Waals surface area contributed by atoms with Crippen molar-refractivity contribution in [2.75, 3.05) is 25.1 Å². The SMILES string of the molecule is CCOC(=O)/C=C/C=C/C[C@H](OC(=O)Nc1ccc(F)cc1F)c1ccc(OCCO)cc1. The highest BCUT2D eigenvalue weighted by atomic mass is 19.1. The molecule has 9 heteroatoms. The van der Waals surface area contributed by atoms with Crippen LogP contribution >= 0.6 is 0 Å². The number of carbonyl (C=O) groups is 2. The van der Waals surface area contributed by atoms with E-state index in [1.54, 1.807) is 43.3 Å². The Bertz CT molecular complexity index is 975. The smallest absolute Gasteiger partial charge is 0.412 e. The fourth-order valence-electron chi connectivity index (χ4n) is 2.66. The number of esters is 1. The Balaban J connectivity index is 2.10. The van der Waals surface area contributed by atoms with E-state index in [-0.39, 0.29) is 31.9 Å². The van der Waals surface area contributed by atoms with E-state index in [9.17, 15) is 18.4 Å². The standard InChI is InChI=1S/C24H25F2NO6/c1-2-31-23(29)7-5-3-4-6-22(17-8-11-19(12-9-17)32-15-14-28)33-24(30)27-21-13-10-18(25)16-20(21)26/h3-5,7-13,16,22,28H,2,6,14-15H2,1H3,(H,27,30)/b4-3+,7-5+/t22-/m0/s1. The molecule has 0 aromatic heterocycles. The number of halogens is 2. The third kappa shape index (κ3) is 9.12. The van der Waals surface area contributed by atoms with Gasteiger partial charge in [0.2, 0.25) is 0 Å². The largest absolute Gasteiger partial charge is 0.491 e. The number of rotatable bonds is 11. The summed E-state index contributed by atoms with van der Waals surface area (Å²) >= 11 is 0. The van der Waals surface area contributed by atoms with Crippen molar-refractivity contribution in [2.24, 2.45) is 0 Å². The van der Waals surface area contributed by atoms with Crippen LogP contribution in [-0.4, -0.2) is 37.0 Å². The molecule has 0 saturated carbocycles.